The van der Waals surface area contributed by atoms with Crippen LogP contribution in [0.2, 0.25) is 10.0 Å². The van der Waals surface area contributed by atoms with E-state index in [2.05, 4.69) is 0 Å². The lowest BCUT2D eigenvalue weighted by Gasteiger charge is -2.16. The molecule has 0 saturated carbocycles. The third-order valence-corrected chi connectivity index (χ3v) is 4.46. The van der Waals surface area contributed by atoms with Gasteiger partial charge < -0.3 is 0 Å². The van der Waals surface area contributed by atoms with Crippen LogP contribution in [-0.2, 0) is 4.79 Å². The maximum Gasteiger partial charge on any atom is 0.156 e. The highest BCUT2D eigenvalue weighted by molar-refractivity contribution is 6.39. The molecule has 1 unspecified atom stereocenters. The Hall–Kier alpha value is -2.16. The van der Waals surface area contributed by atoms with Crippen LogP contribution in [0.25, 0.3) is 0 Å². The summed E-state index contributed by atoms with van der Waals surface area (Å²) in [4.78, 5) is 16.7. The van der Waals surface area contributed by atoms with E-state index in [4.69, 9.17) is 28.2 Å². The first kappa shape index (κ1) is 16.7. The molecule has 0 amide bonds. The van der Waals surface area contributed by atoms with Gasteiger partial charge in [-0.15, -0.1) is 0 Å². The zero-order valence-electron chi connectivity index (χ0n) is 13.0. The highest BCUT2D eigenvalue weighted by atomic mass is 35.5. The minimum absolute atomic E-state index is 0.0267. The van der Waals surface area contributed by atoms with Crippen LogP contribution >= 0.6 is 23.2 Å². The highest BCUT2D eigenvalue weighted by Crippen LogP contribution is 2.35. The monoisotopic (exact) mass is 355 g/mol. The van der Waals surface area contributed by atoms with E-state index in [1.165, 1.54) is 0 Å². The van der Waals surface area contributed by atoms with E-state index in [-0.39, 0.29) is 11.7 Å². The SMILES string of the molecule is CC(=O)C1=CC=CC1C(=Nc1c(Cl)cccc1Cl)c1ccccc1. The van der Waals surface area contributed by atoms with Crippen molar-refractivity contribution in [2.45, 2.75) is 6.92 Å². The molecular formula is C20H15Cl2NO. The summed E-state index contributed by atoms with van der Waals surface area (Å²) in [6.45, 7) is 1.57. The molecular weight excluding hydrogens is 341 g/mol. The number of hydrogen-bond donors (Lipinski definition) is 0. The number of halogens is 2. The van der Waals surface area contributed by atoms with E-state index in [1.54, 1.807) is 25.1 Å². The smallest absolute Gasteiger partial charge is 0.156 e. The summed E-state index contributed by atoms with van der Waals surface area (Å²) in [5.74, 6) is -0.184. The Morgan fingerprint density at radius 3 is 2.29 bits per heavy atom. The van der Waals surface area contributed by atoms with E-state index < -0.39 is 0 Å². The van der Waals surface area contributed by atoms with Crippen LogP contribution in [0, 0.1) is 5.92 Å². The van der Waals surface area contributed by atoms with Gasteiger partial charge in [0.2, 0.25) is 0 Å². The summed E-state index contributed by atoms with van der Waals surface area (Å²) in [5, 5.41) is 0.956. The molecule has 24 heavy (non-hydrogen) atoms. The third kappa shape index (κ3) is 3.35. The molecule has 1 aliphatic carbocycles. The minimum atomic E-state index is -0.211. The van der Waals surface area contributed by atoms with Crippen LogP contribution in [0.5, 0.6) is 0 Å². The van der Waals surface area contributed by atoms with Crippen molar-refractivity contribution in [3.8, 4) is 0 Å². The first-order valence-electron chi connectivity index (χ1n) is 7.55. The summed E-state index contributed by atoms with van der Waals surface area (Å²) in [5.41, 5.74) is 2.90. The summed E-state index contributed by atoms with van der Waals surface area (Å²) in [7, 11) is 0. The number of allylic oxidation sites excluding steroid dienone is 4. The summed E-state index contributed by atoms with van der Waals surface area (Å²) in [6, 6.07) is 15.0. The molecule has 0 N–H and O–H groups in total. The van der Waals surface area contributed by atoms with Crippen molar-refractivity contribution < 1.29 is 4.79 Å². The van der Waals surface area contributed by atoms with Gasteiger partial charge in [0.25, 0.3) is 0 Å². The fraction of sp³-hybridized carbons (Fsp3) is 0.100. The number of carbonyl (C=O) groups excluding carboxylic acids is 1. The molecule has 3 rings (SSSR count). The molecule has 2 aromatic carbocycles. The Bertz CT molecular complexity index is 846. The summed E-state index contributed by atoms with van der Waals surface area (Å²) in [6.07, 6.45) is 5.68. The third-order valence-electron chi connectivity index (χ3n) is 3.85. The molecule has 0 aliphatic heterocycles. The number of Topliss-reactive ketones (excluding diaryl/α,β-unsaturated/α-hetero) is 1. The maximum atomic E-state index is 12.0. The topological polar surface area (TPSA) is 29.4 Å². The Kier molecular flexibility index (Phi) is 4.98. The molecule has 0 bridgehead atoms. The van der Waals surface area contributed by atoms with Gasteiger partial charge in [0, 0.05) is 11.5 Å². The number of benzene rings is 2. The summed E-state index contributed by atoms with van der Waals surface area (Å²) < 4.78 is 0. The lowest BCUT2D eigenvalue weighted by Crippen LogP contribution is -2.18. The predicted octanol–water partition coefficient (Wildman–Crippen LogP) is 5.82. The van der Waals surface area contributed by atoms with E-state index in [0.717, 1.165) is 11.3 Å². The average molecular weight is 356 g/mol. The van der Waals surface area contributed by atoms with Crippen molar-refractivity contribution in [3.05, 3.63) is 87.9 Å². The molecule has 0 spiro atoms. The number of para-hydroxylation sites is 1. The lowest BCUT2D eigenvalue weighted by atomic mass is 9.90. The Morgan fingerprint density at radius 1 is 1.00 bits per heavy atom. The zero-order valence-corrected chi connectivity index (χ0v) is 14.6. The number of rotatable bonds is 4. The standard InChI is InChI=1S/C20H15Cl2NO/c1-13(24)15-9-5-10-16(15)19(14-7-3-2-4-8-14)23-20-17(21)11-6-12-18(20)22/h2-12,16H,1H3. The first-order chi connectivity index (χ1) is 11.6. The molecule has 2 nitrogen and oxygen atoms in total. The Balaban J connectivity index is 2.17. The van der Waals surface area contributed by atoms with Crippen LogP contribution in [0.3, 0.4) is 0 Å². The first-order valence-corrected chi connectivity index (χ1v) is 8.31. The van der Waals surface area contributed by atoms with Crippen molar-refractivity contribution in [3.63, 3.8) is 0 Å². The van der Waals surface area contributed by atoms with Crippen molar-refractivity contribution in [2.24, 2.45) is 10.9 Å². The molecule has 0 saturated heterocycles. The molecule has 0 fully saturated rings. The molecule has 1 atom stereocenters. The van der Waals surface area contributed by atoms with Crippen molar-refractivity contribution in [1.29, 1.82) is 0 Å². The molecule has 0 aromatic heterocycles. The van der Waals surface area contributed by atoms with Crippen molar-refractivity contribution >= 4 is 40.4 Å². The van der Waals surface area contributed by atoms with Crippen molar-refractivity contribution in [1.82, 2.24) is 0 Å². The van der Waals surface area contributed by atoms with Gasteiger partial charge in [-0.1, -0.05) is 77.8 Å². The maximum absolute atomic E-state index is 12.0. The number of carbonyl (C=O) groups is 1. The van der Waals surface area contributed by atoms with Gasteiger partial charge in [-0.3, -0.25) is 4.79 Å². The van der Waals surface area contributed by atoms with E-state index in [9.17, 15) is 4.79 Å². The van der Waals surface area contributed by atoms with Gasteiger partial charge in [-0.25, -0.2) is 4.99 Å². The average Bonchev–Trinajstić information content (AvgIpc) is 3.05. The van der Waals surface area contributed by atoms with Crippen LogP contribution in [0.1, 0.15) is 12.5 Å². The van der Waals surface area contributed by atoms with E-state index in [0.29, 0.717) is 21.3 Å². The second-order valence-corrected chi connectivity index (χ2v) is 6.29. The lowest BCUT2D eigenvalue weighted by molar-refractivity contribution is -0.113. The molecule has 4 heteroatoms. The Labute approximate surface area is 151 Å². The van der Waals surface area contributed by atoms with Crippen molar-refractivity contribution in [2.75, 3.05) is 0 Å². The van der Waals surface area contributed by atoms with Gasteiger partial charge in [-0.2, -0.15) is 0 Å². The molecule has 0 heterocycles. The predicted molar refractivity (Wildman–Crippen MR) is 100 cm³/mol. The van der Waals surface area contributed by atoms with Gasteiger partial charge in [0.15, 0.2) is 5.78 Å². The second kappa shape index (κ2) is 7.16. The van der Waals surface area contributed by atoms with Gasteiger partial charge in [0.05, 0.1) is 15.8 Å². The second-order valence-electron chi connectivity index (χ2n) is 5.47. The molecule has 2 aromatic rings. The van der Waals surface area contributed by atoms with Gasteiger partial charge in [-0.05, 0) is 24.6 Å². The van der Waals surface area contributed by atoms with E-state index >= 15 is 0 Å². The molecule has 120 valence electrons. The molecule has 1 aliphatic rings. The fourth-order valence-corrected chi connectivity index (χ4v) is 3.17. The van der Waals surface area contributed by atoms with Crippen LogP contribution in [-0.4, -0.2) is 11.5 Å². The normalized spacial score (nSPS) is 17.0. The highest BCUT2D eigenvalue weighted by Gasteiger charge is 2.25. The molecule has 0 radical (unpaired) electrons. The Morgan fingerprint density at radius 2 is 1.67 bits per heavy atom. The van der Waals surface area contributed by atoms with Gasteiger partial charge in [0.1, 0.15) is 5.69 Å². The number of aliphatic imine (C=N–C) groups is 1. The summed E-state index contributed by atoms with van der Waals surface area (Å²) >= 11 is 12.6. The number of hydrogen-bond acceptors (Lipinski definition) is 2. The largest absolute Gasteiger partial charge is 0.295 e. The number of ketones is 1. The van der Waals surface area contributed by atoms with Crippen LogP contribution in [0.4, 0.5) is 5.69 Å². The number of nitrogens with zero attached hydrogens (tertiary/aromatic N) is 1. The fourth-order valence-electron chi connectivity index (χ4n) is 2.69. The minimum Gasteiger partial charge on any atom is -0.295 e. The zero-order chi connectivity index (χ0) is 17.1. The van der Waals surface area contributed by atoms with E-state index in [1.807, 2.05) is 48.6 Å². The van der Waals surface area contributed by atoms with Crippen LogP contribution in [0.15, 0.2) is 77.3 Å². The van der Waals surface area contributed by atoms with Gasteiger partial charge >= 0.3 is 0 Å². The van der Waals surface area contributed by atoms with Crippen LogP contribution < -0.4 is 0 Å². The quantitative estimate of drug-likeness (QED) is 0.635.